The van der Waals surface area contributed by atoms with Crippen LogP contribution >= 0.6 is 11.3 Å². The Kier molecular flexibility index (Phi) is 3.62. The van der Waals surface area contributed by atoms with Crippen LogP contribution in [0.1, 0.15) is 26.6 Å². The van der Waals surface area contributed by atoms with E-state index in [0.717, 1.165) is 21.9 Å². The minimum atomic E-state index is -0.983. The number of aromatic nitrogens is 1. The molecule has 4 nitrogen and oxygen atoms in total. The highest BCUT2D eigenvalue weighted by Gasteiger charge is 2.09. The summed E-state index contributed by atoms with van der Waals surface area (Å²) in [5, 5.41) is 11.2. The molecule has 5 heteroatoms. The van der Waals surface area contributed by atoms with Crippen LogP contribution in [0.15, 0.2) is 23.6 Å². The number of hydrogen-bond donors (Lipinski definition) is 1. The lowest BCUT2D eigenvalue weighted by atomic mass is 10.1. The largest absolute Gasteiger partial charge is 0.496 e. The summed E-state index contributed by atoms with van der Waals surface area (Å²) in [6.45, 7) is 1.98. The lowest BCUT2D eigenvalue weighted by molar-refractivity contribution is 0.0691. The molecule has 0 unspecified atom stereocenters. The minimum absolute atomic E-state index is 0.111. The Balaban J connectivity index is 2.18. The third-order valence-corrected chi connectivity index (χ3v) is 3.43. The van der Waals surface area contributed by atoms with E-state index in [1.165, 1.54) is 11.3 Å². The number of aromatic carboxylic acids is 1. The van der Waals surface area contributed by atoms with Crippen molar-refractivity contribution < 1.29 is 14.6 Å². The SMILES string of the molecule is COc1ccc(Cc2nc(C(=O)O)cs2)cc1C. The minimum Gasteiger partial charge on any atom is -0.496 e. The second-order valence-corrected chi connectivity index (χ2v) is 4.86. The number of carboxylic acids is 1. The molecular formula is C13H13NO3S. The molecule has 0 bridgehead atoms. The molecule has 0 aliphatic rings. The molecule has 1 N–H and O–H groups in total. The number of nitrogens with zero attached hydrogens (tertiary/aromatic N) is 1. The van der Waals surface area contributed by atoms with Crippen molar-refractivity contribution in [3.63, 3.8) is 0 Å². The number of aryl methyl sites for hydroxylation is 1. The number of thiazole rings is 1. The molecule has 0 amide bonds. The van der Waals surface area contributed by atoms with E-state index in [0.29, 0.717) is 6.42 Å². The van der Waals surface area contributed by atoms with Crippen molar-refractivity contribution >= 4 is 17.3 Å². The lowest BCUT2D eigenvalue weighted by Crippen LogP contribution is -1.97. The Bertz CT molecular complexity index is 577. The average molecular weight is 263 g/mol. The van der Waals surface area contributed by atoms with E-state index < -0.39 is 5.97 Å². The van der Waals surface area contributed by atoms with E-state index in [1.54, 1.807) is 12.5 Å². The molecule has 0 aliphatic carbocycles. The third-order valence-electron chi connectivity index (χ3n) is 2.59. The fourth-order valence-electron chi connectivity index (χ4n) is 1.72. The summed E-state index contributed by atoms with van der Waals surface area (Å²) in [6.07, 6.45) is 0.642. The van der Waals surface area contributed by atoms with Gasteiger partial charge >= 0.3 is 5.97 Å². The molecule has 0 fully saturated rings. The standard InChI is InChI=1S/C13H13NO3S/c1-8-5-9(3-4-11(8)17-2)6-12-14-10(7-18-12)13(15)16/h3-5,7H,6H2,1-2H3,(H,15,16). The van der Waals surface area contributed by atoms with Gasteiger partial charge in [-0.2, -0.15) is 0 Å². The van der Waals surface area contributed by atoms with Gasteiger partial charge in [-0.15, -0.1) is 11.3 Å². The Morgan fingerprint density at radius 3 is 2.83 bits per heavy atom. The maximum absolute atomic E-state index is 10.7. The number of hydrogen-bond acceptors (Lipinski definition) is 4. The molecule has 2 aromatic rings. The summed E-state index contributed by atoms with van der Waals surface area (Å²) in [5.41, 5.74) is 2.27. The summed E-state index contributed by atoms with van der Waals surface area (Å²) in [5.74, 6) is -0.132. The molecule has 0 saturated carbocycles. The van der Waals surface area contributed by atoms with Crippen molar-refractivity contribution in [1.82, 2.24) is 4.98 Å². The number of carboxylic acid groups (broad SMARTS) is 1. The van der Waals surface area contributed by atoms with E-state index in [-0.39, 0.29) is 5.69 Å². The van der Waals surface area contributed by atoms with Gasteiger partial charge in [0.05, 0.1) is 12.1 Å². The van der Waals surface area contributed by atoms with Crippen molar-refractivity contribution in [2.45, 2.75) is 13.3 Å². The molecule has 0 aliphatic heterocycles. The van der Waals surface area contributed by atoms with Crippen LogP contribution in [0, 0.1) is 6.92 Å². The predicted octanol–water partition coefficient (Wildman–Crippen LogP) is 2.75. The fraction of sp³-hybridized carbons (Fsp3) is 0.231. The summed E-state index contributed by atoms with van der Waals surface area (Å²) in [4.78, 5) is 14.8. The fourth-order valence-corrected chi connectivity index (χ4v) is 2.52. The van der Waals surface area contributed by atoms with E-state index in [2.05, 4.69) is 4.98 Å². The second-order valence-electron chi connectivity index (χ2n) is 3.91. The summed E-state index contributed by atoms with van der Waals surface area (Å²) in [6, 6.07) is 5.91. The molecule has 0 radical (unpaired) electrons. The summed E-state index contributed by atoms with van der Waals surface area (Å²) in [7, 11) is 1.64. The maximum atomic E-state index is 10.7. The van der Waals surface area contributed by atoms with Gasteiger partial charge in [-0.25, -0.2) is 9.78 Å². The Hall–Kier alpha value is -1.88. The first kappa shape index (κ1) is 12.6. The van der Waals surface area contributed by atoms with Crippen LogP contribution in [0.3, 0.4) is 0 Å². The summed E-state index contributed by atoms with van der Waals surface area (Å²) >= 11 is 1.37. The average Bonchev–Trinajstić information content (AvgIpc) is 2.78. The molecule has 1 aromatic carbocycles. The van der Waals surface area contributed by atoms with Crippen molar-refractivity contribution in [2.24, 2.45) is 0 Å². The quantitative estimate of drug-likeness (QED) is 0.921. The monoisotopic (exact) mass is 263 g/mol. The maximum Gasteiger partial charge on any atom is 0.355 e. The van der Waals surface area contributed by atoms with Crippen LogP contribution in [0.2, 0.25) is 0 Å². The number of carbonyl (C=O) groups is 1. The molecule has 0 spiro atoms. The van der Waals surface area contributed by atoms with Gasteiger partial charge in [0.2, 0.25) is 0 Å². The molecule has 1 heterocycles. The van der Waals surface area contributed by atoms with Crippen molar-refractivity contribution in [1.29, 1.82) is 0 Å². The first-order valence-electron chi connectivity index (χ1n) is 5.41. The molecule has 1 aromatic heterocycles. The highest BCUT2D eigenvalue weighted by molar-refractivity contribution is 7.09. The van der Waals surface area contributed by atoms with Crippen molar-refractivity contribution in [2.75, 3.05) is 7.11 Å². The highest BCUT2D eigenvalue weighted by Crippen LogP contribution is 2.21. The van der Waals surface area contributed by atoms with Crippen LogP contribution in [0.5, 0.6) is 5.75 Å². The van der Waals surface area contributed by atoms with Crippen LogP contribution in [0.25, 0.3) is 0 Å². The van der Waals surface area contributed by atoms with E-state index >= 15 is 0 Å². The molecule has 18 heavy (non-hydrogen) atoms. The van der Waals surface area contributed by atoms with Crippen LogP contribution in [0.4, 0.5) is 0 Å². The topological polar surface area (TPSA) is 59.4 Å². The van der Waals surface area contributed by atoms with Crippen LogP contribution in [-0.2, 0) is 6.42 Å². The Morgan fingerprint density at radius 2 is 2.28 bits per heavy atom. The first-order chi connectivity index (χ1) is 8.60. The van der Waals surface area contributed by atoms with Crippen molar-refractivity contribution in [3.8, 4) is 5.75 Å². The van der Waals surface area contributed by atoms with E-state index in [1.807, 2.05) is 25.1 Å². The number of ether oxygens (including phenoxy) is 1. The number of methoxy groups -OCH3 is 1. The van der Waals surface area contributed by atoms with Gasteiger partial charge < -0.3 is 9.84 Å². The zero-order valence-electron chi connectivity index (χ0n) is 10.1. The number of rotatable bonds is 4. The van der Waals surface area contributed by atoms with Gasteiger partial charge in [0.15, 0.2) is 5.69 Å². The van der Waals surface area contributed by atoms with E-state index in [4.69, 9.17) is 9.84 Å². The zero-order valence-corrected chi connectivity index (χ0v) is 11.0. The van der Waals surface area contributed by atoms with Crippen LogP contribution < -0.4 is 4.74 Å². The second kappa shape index (κ2) is 5.18. The Morgan fingerprint density at radius 1 is 1.50 bits per heavy atom. The van der Waals surface area contributed by atoms with Gasteiger partial charge in [0, 0.05) is 11.8 Å². The molecule has 94 valence electrons. The normalized spacial score (nSPS) is 10.3. The highest BCUT2D eigenvalue weighted by atomic mass is 32.1. The Labute approximate surface area is 109 Å². The zero-order chi connectivity index (χ0) is 13.1. The first-order valence-corrected chi connectivity index (χ1v) is 6.29. The molecule has 0 saturated heterocycles. The smallest absolute Gasteiger partial charge is 0.355 e. The summed E-state index contributed by atoms with van der Waals surface area (Å²) < 4.78 is 5.20. The predicted molar refractivity (Wildman–Crippen MR) is 69.6 cm³/mol. The van der Waals surface area contributed by atoms with Gasteiger partial charge in [0.1, 0.15) is 5.75 Å². The number of benzene rings is 1. The van der Waals surface area contributed by atoms with Crippen molar-refractivity contribution in [3.05, 3.63) is 45.4 Å². The van der Waals surface area contributed by atoms with Gasteiger partial charge in [-0.05, 0) is 24.1 Å². The molecule has 2 rings (SSSR count). The van der Waals surface area contributed by atoms with Gasteiger partial charge in [-0.3, -0.25) is 0 Å². The van der Waals surface area contributed by atoms with Gasteiger partial charge in [0.25, 0.3) is 0 Å². The lowest BCUT2D eigenvalue weighted by Gasteiger charge is -2.06. The molecule has 0 atom stereocenters. The van der Waals surface area contributed by atoms with Gasteiger partial charge in [-0.1, -0.05) is 12.1 Å². The molecular weight excluding hydrogens is 250 g/mol. The third kappa shape index (κ3) is 2.68. The van der Waals surface area contributed by atoms with E-state index in [9.17, 15) is 4.79 Å². The van der Waals surface area contributed by atoms with Crippen LogP contribution in [-0.4, -0.2) is 23.2 Å².